The minimum atomic E-state index is -0.628. The molecular weight excluding hydrogens is 729 g/mol. The maximum absolute atomic E-state index is 16.1. The number of amides is 3. The maximum atomic E-state index is 16.1. The summed E-state index contributed by atoms with van der Waals surface area (Å²) >= 11 is 0. The van der Waals surface area contributed by atoms with Crippen LogP contribution in [-0.4, -0.2) is 91.1 Å². The molecule has 0 aromatic heterocycles. The van der Waals surface area contributed by atoms with E-state index in [0.29, 0.717) is 55.5 Å². The number of halogens is 2. The standard InChI is InChI=1S/C45H47F2N5O5/c1-27-3-2-4-29(19-27)36-26-57-40-23-33(53)6-8-35(40)42(36)30-21-37(46)43(38(47)22-30)51-13-11-28(12-14-51)24-49-15-17-50(18-16-49)32-5-7-34-31(20-32)25-52(45(34)56)39-9-10-41(54)48-44(39)55/h2-8,19-23,28,36,39,42,53H,9-18,24-26H2,1H3,(H,48,54,55)/t36?,39?,42-/m1/s1. The summed E-state index contributed by atoms with van der Waals surface area (Å²) in [4.78, 5) is 45.5. The summed E-state index contributed by atoms with van der Waals surface area (Å²) < 4.78 is 38.4. The number of benzene rings is 4. The Hall–Kier alpha value is -5.49. The zero-order valence-corrected chi connectivity index (χ0v) is 32.1. The molecule has 3 saturated heterocycles. The van der Waals surface area contributed by atoms with Gasteiger partial charge < -0.3 is 24.5 Å². The lowest BCUT2D eigenvalue weighted by Gasteiger charge is -2.40. The van der Waals surface area contributed by atoms with Gasteiger partial charge in [0.2, 0.25) is 11.8 Å². The number of aromatic hydroxyl groups is 1. The molecule has 4 aromatic carbocycles. The van der Waals surface area contributed by atoms with E-state index in [0.717, 1.165) is 73.5 Å². The Morgan fingerprint density at radius 3 is 2.33 bits per heavy atom. The van der Waals surface area contributed by atoms with Crippen molar-refractivity contribution in [1.29, 1.82) is 0 Å². The number of phenols is 1. The monoisotopic (exact) mass is 775 g/mol. The third-order valence-electron chi connectivity index (χ3n) is 12.7. The van der Waals surface area contributed by atoms with Gasteiger partial charge in [-0.15, -0.1) is 0 Å². The average Bonchev–Trinajstić information content (AvgIpc) is 3.52. The highest BCUT2D eigenvalue weighted by Gasteiger charge is 2.40. The largest absolute Gasteiger partial charge is 0.508 e. The van der Waals surface area contributed by atoms with E-state index in [4.69, 9.17) is 4.74 Å². The van der Waals surface area contributed by atoms with E-state index in [2.05, 4.69) is 27.2 Å². The number of piperidine rings is 2. The van der Waals surface area contributed by atoms with Crippen LogP contribution in [0.1, 0.15) is 75.7 Å². The molecule has 4 aromatic rings. The molecule has 12 heteroatoms. The number of ether oxygens (including phenoxy) is 1. The van der Waals surface area contributed by atoms with Crippen LogP contribution in [0.2, 0.25) is 0 Å². The average molecular weight is 776 g/mol. The summed E-state index contributed by atoms with van der Waals surface area (Å²) in [5.41, 5.74) is 6.08. The Morgan fingerprint density at radius 1 is 0.825 bits per heavy atom. The van der Waals surface area contributed by atoms with Crippen LogP contribution in [0.15, 0.2) is 72.8 Å². The molecule has 5 aliphatic rings. The van der Waals surface area contributed by atoms with Crippen LogP contribution in [0.3, 0.4) is 0 Å². The Bertz CT molecular complexity index is 2210. The molecule has 0 radical (unpaired) electrons. The number of piperazine rings is 1. The van der Waals surface area contributed by atoms with Gasteiger partial charge in [-0.2, -0.15) is 0 Å². The van der Waals surface area contributed by atoms with Crippen LogP contribution < -0.4 is 19.9 Å². The summed E-state index contributed by atoms with van der Waals surface area (Å²) in [6, 6.07) is 21.4. The van der Waals surface area contributed by atoms with Gasteiger partial charge in [0.1, 0.15) is 34.9 Å². The van der Waals surface area contributed by atoms with Gasteiger partial charge in [0.25, 0.3) is 5.91 Å². The number of rotatable bonds is 7. The normalized spacial score (nSPS) is 23.0. The lowest BCUT2D eigenvalue weighted by molar-refractivity contribution is -0.136. The van der Waals surface area contributed by atoms with E-state index >= 15 is 8.78 Å². The highest BCUT2D eigenvalue weighted by molar-refractivity contribution is 6.05. The number of aryl methyl sites for hydroxylation is 1. The zero-order valence-electron chi connectivity index (χ0n) is 32.1. The van der Waals surface area contributed by atoms with Crippen LogP contribution >= 0.6 is 0 Å². The first-order valence-corrected chi connectivity index (χ1v) is 20.1. The van der Waals surface area contributed by atoms with E-state index in [1.54, 1.807) is 23.1 Å². The molecule has 57 heavy (non-hydrogen) atoms. The smallest absolute Gasteiger partial charge is 0.255 e. The van der Waals surface area contributed by atoms with Crippen LogP contribution in [0.5, 0.6) is 11.5 Å². The molecule has 0 bridgehead atoms. The number of anilines is 2. The lowest BCUT2D eigenvalue weighted by atomic mass is 9.75. The van der Waals surface area contributed by atoms with E-state index in [-0.39, 0.29) is 41.5 Å². The van der Waals surface area contributed by atoms with Crippen molar-refractivity contribution in [2.24, 2.45) is 5.92 Å². The summed E-state index contributed by atoms with van der Waals surface area (Å²) in [6.07, 6.45) is 2.26. The number of hydrogen-bond donors (Lipinski definition) is 2. The van der Waals surface area contributed by atoms with Gasteiger partial charge in [-0.05, 0) is 85.2 Å². The molecule has 0 spiro atoms. The van der Waals surface area contributed by atoms with Crippen molar-refractivity contribution in [3.8, 4) is 11.5 Å². The molecule has 0 aliphatic carbocycles. The fourth-order valence-corrected chi connectivity index (χ4v) is 9.72. The van der Waals surface area contributed by atoms with Crippen LogP contribution in [-0.2, 0) is 16.1 Å². The third-order valence-corrected chi connectivity index (χ3v) is 12.7. The van der Waals surface area contributed by atoms with Crippen molar-refractivity contribution in [3.05, 3.63) is 118 Å². The molecule has 0 saturated carbocycles. The zero-order chi connectivity index (χ0) is 39.4. The molecule has 2 N–H and O–H groups in total. The summed E-state index contributed by atoms with van der Waals surface area (Å²) in [5, 5.41) is 12.5. The predicted octanol–water partition coefficient (Wildman–Crippen LogP) is 6.09. The van der Waals surface area contributed by atoms with Crippen molar-refractivity contribution >= 4 is 29.1 Å². The van der Waals surface area contributed by atoms with Crippen molar-refractivity contribution in [2.45, 2.75) is 57.0 Å². The van der Waals surface area contributed by atoms with Gasteiger partial charge in [0, 0.05) is 93.5 Å². The first-order chi connectivity index (χ1) is 27.6. The summed E-state index contributed by atoms with van der Waals surface area (Å²) in [5.74, 6) is -1.49. The minimum absolute atomic E-state index is 0.0344. The summed E-state index contributed by atoms with van der Waals surface area (Å²) in [7, 11) is 0. The van der Waals surface area contributed by atoms with Crippen molar-refractivity contribution in [1.82, 2.24) is 15.1 Å². The number of fused-ring (bicyclic) bond motifs is 2. The number of carbonyl (C=O) groups excluding carboxylic acids is 3. The van der Waals surface area contributed by atoms with Gasteiger partial charge in [-0.25, -0.2) is 8.78 Å². The molecule has 3 amide bonds. The van der Waals surface area contributed by atoms with E-state index < -0.39 is 23.6 Å². The maximum Gasteiger partial charge on any atom is 0.255 e. The van der Waals surface area contributed by atoms with Gasteiger partial charge >= 0.3 is 0 Å². The third kappa shape index (κ3) is 7.20. The number of phenolic OH excluding ortho intramolecular Hbond substituents is 1. The highest BCUT2D eigenvalue weighted by atomic mass is 19.1. The fourth-order valence-electron chi connectivity index (χ4n) is 9.72. The molecule has 2 unspecified atom stereocenters. The van der Waals surface area contributed by atoms with Crippen molar-refractivity contribution in [2.75, 3.05) is 62.2 Å². The Labute approximate surface area is 331 Å². The molecule has 5 heterocycles. The first-order valence-electron chi connectivity index (χ1n) is 20.1. The molecule has 10 nitrogen and oxygen atoms in total. The van der Waals surface area contributed by atoms with E-state index in [1.165, 1.54) is 12.1 Å². The second kappa shape index (κ2) is 15.1. The van der Waals surface area contributed by atoms with Gasteiger partial charge in [-0.3, -0.25) is 24.6 Å². The topological polar surface area (TPSA) is 106 Å². The quantitative estimate of drug-likeness (QED) is 0.218. The van der Waals surface area contributed by atoms with Crippen molar-refractivity contribution < 1.29 is 33.0 Å². The van der Waals surface area contributed by atoms with Gasteiger partial charge in [0.15, 0.2) is 0 Å². The SMILES string of the molecule is Cc1cccc(C2COc3cc(O)ccc3[C@H]2c2cc(F)c(N3CCC(CN4CCN(c5ccc6c(c5)CN(C5CCC(=O)NC5=O)C6=O)CC4)CC3)c(F)c2)c1. The molecular formula is C45H47F2N5O5. The molecule has 296 valence electrons. The number of carbonyl (C=O) groups is 3. The second-order valence-electron chi connectivity index (χ2n) is 16.3. The fraction of sp³-hybridized carbons (Fsp3) is 0.400. The molecule has 3 fully saturated rings. The van der Waals surface area contributed by atoms with Crippen LogP contribution in [0.25, 0.3) is 0 Å². The van der Waals surface area contributed by atoms with Crippen LogP contribution in [0, 0.1) is 24.5 Å². The van der Waals surface area contributed by atoms with Crippen molar-refractivity contribution in [3.63, 3.8) is 0 Å². The van der Waals surface area contributed by atoms with Gasteiger partial charge in [-0.1, -0.05) is 35.9 Å². The van der Waals surface area contributed by atoms with Gasteiger partial charge in [0.05, 0.1) is 6.61 Å². The number of nitrogens with one attached hydrogen (secondary N) is 1. The second-order valence-corrected chi connectivity index (χ2v) is 16.3. The number of hydrogen-bond acceptors (Lipinski definition) is 8. The minimum Gasteiger partial charge on any atom is -0.508 e. The number of imide groups is 1. The number of nitrogens with zero attached hydrogens (tertiary/aromatic N) is 4. The highest BCUT2D eigenvalue weighted by Crippen LogP contribution is 2.48. The Balaban J connectivity index is 0.814. The lowest BCUT2D eigenvalue weighted by Crippen LogP contribution is -2.52. The predicted molar refractivity (Wildman–Crippen MR) is 212 cm³/mol. The first kappa shape index (κ1) is 37.1. The Morgan fingerprint density at radius 2 is 1.60 bits per heavy atom. The van der Waals surface area contributed by atoms with Crippen LogP contribution in [0.4, 0.5) is 20.2 Å². The molecule has 5 aliphatic heterocycles. The van der Waals surface area contributed by atoms with E-state index in [1.807, 2.05) is 42.2 Å². The summed E-state index contributed by atoms with van der Waals surface area (Å²) in [6.45, 7) is 8.25. The van der Waals surface area contributed by atoms with E-state index in [9.17, 15) is 19.5 Å². The molecule has 3 atom stereocenters. The Kier molecular flexibility index (Phi) is 9.84. The molecule has 9 rings (SSSR count).